The Balaban J connectivity index is 1.59. The minimum atomic E-state index is 0.00201. The van der Waals surface area contributed by atoms with Crippen molar-refractivity contribution >= 4 is 56.5 Å². The van der Waals surface area contributed by atoms with Crippen LogP contribution in [-0.4, -0.2) is 14.1 Å². The molecule has 4 nitrogen and oxygen atoms in total. The van der Waals surface area contributed by atoms with Gasteiger partial charge in [0.1, 0.15) is 5.82 Å². The minimum absolute atomic E-state index is 0.00201. The van der Waals surface area contributed by atoms with Gasteiger partial charge in [0.2, 0.25) is 0 Å². The number of hydrogen-bond acceptors (Lipinski definition) is 2. The first-order valence-corrected chi connectivity index (χ1v) is 11.7. The molecule has 0 radical (unpaired) electrons. The molecule has 5 heteroatoms. The van der Waals surface area contributed by atoms with Crippen molar-refractivity contribution in [2.24, 2.45) is 0 Å². The molecular formula is C27H22IN3O. The summed E-state index contributed by atoms with van der Waals surface area (Å²) in [6.45, 7) is 3.36. The van der Waals surface area contributed by atoms with Crippen LogP contribution in [0.25, 0.3) is 34.0 Å². The second-order valence-electron chi connectivity index (χ2n) is 7.73. The zero-order chi connectivity index (χ0) is 22.1. The number of para-hydroxylation sites is 1. The number of rotatable bonds is 5. The maximum atomic E-state index is 13.0. The number of benzene rings is 3. The van der Waals surface area contributed by atoms with Gasteiger partial charge >= 0.3 is 0 Å². The van der Waals surface area contributed by atoms with Gasteiger partial charge in [0.15, 0.2) is 0 Å². The third-order valence-corrected chi connectivity index (χ3v) is 6.36. The average Bonchev–Trinajstić information content (AvgIpc) is 3.16. The molecule has 0 aliphatic carbocycles. The van der Waals surface area contributed by atoms with Crippen LogP contribution >= 0.6 is 22.6 Å². The summed E-state index contributed by atoms with van der Waals surface area (Å²) in [5, 5.41) is 1.84. The third kappa shape index (κ3) is 3.88. The normalized spacial score (nSPS) is 11.7. The second kappa shape index (κ2) is 8.74. The van der Waals surface area contributed by atoms with Crippen LogP contribution < -0.4 is 5.56 Å². The van der Waals surface area contributed by atoms with Crippen LogP contribution in [0.15, 0.2) is 83.8 Å². The predicted octanol–water partition coefficient (Wildman–Crippen LogP) is 6.19. The number of nitrogens with zero attached hydrogens (tertiary/aromatic N) is 3. The Labute approximate surface area is 200 Å². The Morgan fingerprint density at radius 3 is 2.53 bits per heavy atom. The SMILES string of the molecule is CCn1c(C=Cc2cn(Cc3ccccc3)c3ccccc23)nc2ccc(I)cc2c1=O. The lowest BCUT2D eigenvalue weighted by atomic mass is 10.1. The molecule has 0 amide bonds. The molecule has 0 N–H and O–H groups in total. The summed E-state index contributed by atoms with van der Waals surface area (Å²) >= 11 is 2.23. The monoisotopic (exact) mass is 531 g/mol. The molecule has 5 aromatic rings. The van der Waals surface area contributed by atoms with Crippen LogP contribution in [0.5, 0.6) is 0 Å². The number of halogens is 1. The molecule has 0 aliphatic rings. The third-order valence-electron chi connectivity index (χ3n) is 5.69. The number of aromatic nitrogens is 3. The molecule has 2 heterocycles. The Bertz CT molecular complexity index is 1510. The van der Waals surface area contributed by atoms with Crippen molar-refractivity contribution in [3.63, 3.8) is 0 Å². The van der Waals surface area contributed by atoms with Gasteiger partial charge in [-0.3, -0.25) is 9.36 Å². The van der Waals surface area contributed by atoms with Gasteiger partial charge in [0.25, 0.3) is 5.56 Å². The van der Waals surface area contributed by atoms with E-state index in [2.05, 4.69) is 88.0 Å². The smallest absolute Gasteiger partial charge is 0.261 e. The van der Waals surface area contributed by atoms with Gasteiger partial charge in [-0.2, -0.15) is 0 Å². The van der Waals surface area contributed by atoms with Crippen molar-refractivity contribution in [1.82, 2.24) is 14.1 Å². The quantitative estimate of drug-likeness (QED) is 0.254. The molecule has 5 rings (SSSR count). The van der Waals surface area contributed by atoms with E-state index in [4.69, 9.17) is 4.98 Å². The summed E-state index contributed by atoms with van der Waals surface area (Å²) in [7, 11) is 0. The van der Waals surface area contributed by atoms with E-state index >= 15 is 0 Å². The Morgan fingerprint density at radius 1 is 0.938 bits per heavy atom. The van der Waals surface area contributed by atoms with E-state index in [0.29, 0.717) is 17.8 Å². The first-order valence-electron chi connectivity index (χ1n) is 10.6. The van der Waals surface area contributed by atoms with Gasteiger partial charge < -0.3 is 4.57 Å². The lowest BCUT2D eigenvalue weighted by Gasteiger charge is -2.09. The predicted molar refractivity (Wildman–Crippen MR) is 141 cm³/mol. The van der Waals surface area contributed by atoms with E-state index in [1.165, 1.54) is 16.5 Å². The highest BCUT2D eigenvalue weighted by Gasteiger charge is 2.10. The van der Waals surface area contributed by atoms with Crippen molar-refractivity contribution < 1.29 is 0 Å². The molecule has 3 aromatic carbocycles. The maximum absolute atomic E-state index is 13.0. The van der Waals surface area contributed by atoms with Gasteiger partial charge in [-0.1, -0.05) is 48.5 Å². The Kier molecular flexibility index (Phi) is 5.66. The summed E-state index contributed by atoms with van der Waals surface area (Å²) in [6.07, 6.45) is 6.19. The van der Waals surface area contributed by atoms with E-state index in [1.807, 2.05) is 37.3 Å². The summed E-state index contributed by atoms with van der Waals surface area (Å²) in [4.78, 5) is 17.8. The highest BCUT2D eigenvalue weighted by atomic mass is 127. The second-order valence-corrected chi connectivity index (χ2v) is 8.97. The van der Waals surface area contributed by atoms with Gasteiger partial charge in [-0.25, -0.2) is 4.98 Å². The van der Waals surface area contributed by atoms with E-state index in [9.17, 15) is 4.79 Å². The zero-order valence-electron chi connectivity index (χ0n) is 17.7. The van der Waals surface area contributed by atoms with Crippen molar-refractivity contribution in [2.75, 3.05) is 0 Å². The fourth-order valence-electron chi connectivity index (χ4n) is 4.13. The van der Waals surface area contributed by atoms with E-state index in [0.717, 1.165) is 21.2 Å². The molecule has 0 aliphatic heterocycles. The maximum Gasteiger partial charge on any atom is 0.261 e. The lowest BCUT2D eigenvalue weighted by Crippen LogP contribution is -2.23. The highest BCUT2D eigenvalue weighted by molar-refractivity contribution is 14.1. The van der Waals surface area contributed by atoms with Crippen molar-refractivity contribution in [3.05, 3.63) is 110 Å². The summed E-state index contributed by atoms with van der Waals surface area (Å²) in [6, 6.07) is 24.7. The van der Waals surface area contributed by atoms with Gasteiger partial charge in [-0.15, -0.1) is 0 Å². The molecule has 0 saturated heterocycles. The molecule has 0 bridgehead atoms. The fourth-order valence-corrected chi connectivity index (χ4v) is 4.62. The molecule has 0 spiro atoms. The Morgan fingerprint density at radius 2 is 1.72 bits per heavy atom. The minimum Gasteiger partial charge on any atom is -0.342 e. The molecular weight excluding hydrogens is 509 g/mol. The topological polar surface area (TPSA) is 39.8 Å². The summed E-state index contributed by atoms with van der Waals surface area (Å²) in [5.74, 6) is 0.672. The fraction of sp³-hybridized carbons (Fsp3) is 0.111. The van der Waals surface area contributed by atoms with Crippen LogP contribution in [0.3, 0.4) is 0 Å². The highest BCUT2D eigenvalue weighted by Crippen LogP contribution is 2.24. The largest absolute Gasteiger partial charge is 0.342 e. The summed E-state index contributed by atoms with van der Waals surface area (Å²) in [5.41, 5.74) is 4.28. The van der Waals surface area contributed by atoms with E-state index in [1.54, 1.807) is 4.57 Å². The molecule has 0 saturated carbocycles. The molecule has 0 atom stereocenters. The number of fused-ring (bicyclic) bond motifs is 2. The summed E-state index contributed by atoms with van der Waals surface area (Å²) < 4.78 is 5.04. The molecule has 0 fully saturated rings. The van der Waals surface area contributed by atoms with Gasteiger partial charge in [-0.05, 0) is 71.5 Å². The van der Waals surface area contributed by atoms with Crippen molar-refractivity contribution in [3.8, 4) is 0 Å². The lowest BCUT2D eigenvalue weighted by molar-refractivity contribution is 0.708. The molecule has 2 aromatic heterocycles. The first kappa shape index (κ1) is 20.7. The van der Waals surface area contributed by atoms with Crippen molar-refractivity contribution in [1.29, 1.82) is 0 Å². The zero-order valence-corrected chi connectivity index (χ0v) is 19.9. The van der Waals surface area contributed by atoms with Crippen LogP contribution in [-0.2, 0) is 13.1 Å². The molecule has 0 unspecified atom stereocenters. The standard InChI is InChI=1S/C27H22IN3O/c1-2-31-26(29-24-14-13-21(28)16-23(24)27(31)32)15-12-20-18-30(17-19-8-4-3-5-9-19)25-11-7-6-10-22(20)25/h3-16,18H,2,17H2,1H3. The number of hydrogen-bond donors (Lipinski definition) is 0. The Hall–Kier alpha value is -3.19. The van der Waals surface area contributed by atoms with Gasteiger partial charge in [0.05, 0.1) is 10.9 Å². The molecule has 32 heavy (non-hydrogen) atoms. The van der Waals surface area contributed by atoms with E-state index in [-0.39, 0.29) is 5.56 Å². The van der Waals surface area contributed by atoms with Gasteiger partial charge in [0, 0.05) is 39.3 Å². The van der Waals surface area contributed by atoms with Crippen LogP contribution in [0.4, 0.5) is 0 Å². The average molecular weight is 531 g/mol. The van der Waals surface area contributed by atoms with Crippen LogP contribution in [0, 0.1) is 3.57 Å². The van der Waals surface area contributed by atoms with E-state index < -0.39 is 0 Å². The van der Waals surface area contributed by atoms with Crippen LogP contribution in [0.2, 0.25) is 0 Å². The molecule has 158 valence electrons. The van der Waals surface area contributed by atoms with Crippen molar-refractivity contribution in [2.45, 2.75) is 20.0 Å². The first-order chi connectivity index (χ1) is 15.6. The van der Waals surface area contributed by atoms with Crippen LogP contribution in [0.1, 0.15) is 23.9 Å².